The molecule has 1 atom stereocenters. The van der Waals surface area contributed by atoms with Crippen LogP contribution < -0.4 is 0 Å². The lowest BCUT2D eigenvalue weighted by molar-refractivity contribution is 0.0692. The third-order valence-corrected chi connectivity index (χ3v) is 5.65. The summed E-state index contributed by atoms with van der Waals surface area (Å²) in [4.78, 5) is 11.0. The van der Waals surface area contributed by atoms with E-state index in [0.29, 0.717) is 13.1 Å². The highest BCUT2D eigenvalue weighted by atomic mass is 32.2. The number of aromatic amines is 1. The Morgan fingerprint density at radius 1 is 1.50 bits per heavy atom. The Kier molecular flexibility index (Phi) is 3.64. The zero-order valence-electron chi connectivity index (χ0n) is 11.8. The molecular weight excluding hydrogens is 282 g/mol. The second-order valence-corrected chi connectivity index (χ2v) is 8.01. The standard InChI is InChI=1S/C12H19N3O4S/c1-12(2,3)8-4-5-15(7-8)20(18,19)10-9(11(16)17)6-13-14-10/h6,8H,4-5,7H2,1-3H3,(H,13,14)(H,16,17). The van der Waals surface area contributed by atoms with Crippen molar-refractivity contribution in [3.63, 3.8) is 0 Å². The van der Waals surface area contributed by atoms with Gasteiger partial charge in [0.2, 0.25) is 0 Å². The minimum Gasteiger partial charge on any atom is -0.478 e. The number of H-pyrrole nitrogens is 1. The van der Waals surface area contributed by atoms with Gasteiger partial charge < -0.3 is 5.11 Å². The Labute approximate surface area is 118 Å². The molecule has 1 aromatic heterocycles. The van der Waals surface area contributed by atoms with E-state index in [1.165, 1.54) is 4.31 Å². The van der Waals surface area contributed by atoms with Gasteiger partial charge in [-0.25, -0.2) is 13.2 Å². The van der Waals surface area contributed by atoms with Gasteiger partial charge in [-0.05, 0) is 17.8 Å². The van der Waals surface area contributed by atoms with Crippen molar-refractivity contribution in [2.45, 2.75) is 32.2 Å². The fraction of sp³-hybridized carbons (Fsp3) is 0.667. The molecule has 0 aliphatic carbocycles. The van der Waals surface area contributed by atoms with Gasteiger partial charge in [-0.1, -0.05) is 20.8 Å². The predicted octanol–water partition coefficient (Wildman–Crippen LogP) is 1.16. The zero-order chi connectivity index (χ0) is 15.1. The van der Waals surface area contributed by atoms with Gasteiger partial charge in [0.05, 0.1) is 6.20 Å². The summed E-state index contributed by atoms with van der Waals surface area (Å²) < 4.78 is 26.3. The molecule has 2 rings (SSSR count). The summed E-state index contributed by atoms with van der Waals surface area (Å²) in [6, 6.07) is 0. The summed E-state index contributed by atoms with van der Waals surface area (Å²) in [7, 11) is -3.83. The number of carboxylic acid groups (broad SMARTS) is 1. The monoisotopic (exact) mass is 301 g/mol. The summed E-state index contributed by atoms with van der Waals surface area (Å²) in [5.74, 6) is -1.04. The molecule has 1 aliphatic heterocycles. The minimum absolute atomic E-state index is 0.0217. The van der Waals surface area contributed by atoms with E-state index in [-0.39, 0.29) is 21.9 Å². The molecule has 0 spiro atoms. The zero-order valence-corrected chi connectivity index (χ0v) is 12.6. The fourth-order valence-electron chi connectivity index (χ4n) is 2.41. The van der Waals surface area contributed by atoms with E-state index in [4.69, 9.17) is 5.11 Å². The number of rotatable bonds is 3. The van der Waals surface area contributed by atoms with Gasteiger partial charge in [0.1, 0.15) is 5.56 Å². The first-order chi connectivity index (χ1) is 9.14. The average molecular weight is 301 g/mol. The molecule has 20 heavy (non-hydrogen) atoms. The number of nitrogens with zero attached hydrogens (tertiary/aromatic N) is 2. The van der Waals surface area contributed by atoms with Gasteiger partial charge in [0, 0.05) is 13.1 Å². The first-order valence-electron chi connectivity index (χ1n) is 6.41. The number of hydrogen-bond donors (Lipinski definition) is 2. The van der Waals surface area contributed by atoms with Gasteiger partial charge in [-0.3, -0.25) is 5.10 Å². The van der Waals surface area contributed by atoms with Crippen LogP contribution in [0, 0.1) is 11.3 Å². The van der Waals surface area contributed by atoms with Gasteiger partial charge in [0.15, 0.2) is 5.03 Å². The van der Waals surface area contributed by atoms with E-state index >= 15 is 0 Å². The van der Waals surface area contributed by atoms with Gasteiger partial charge in [-0.15, -0.1) is 0 Å². The molecule has 0 radical (unpaired) electrons. The molecular formula is C12H19N3O4S. The van der Waals surface area contributed by atoms with Crippen LogP contribution in [0.1, 0.15) is 37.6 Å². The summed E-state index contributed by atoms with van der Waals surface area (Å²) in [5.41, 5.74) is -0.294. The number of hydrogen-bond acceptors (Lipinski definition) is 4. The van der Waals surface area contributed by atoms with E-state index in [0.717, 1.165) is 12.6 Å². The summed E-state index contributed by atoms with van der Waals surface area (Å²) in [5, 5.41) is 14.5. The smallest absolute Gasteiger partial charge is 0.340 e. The molecule has 0 saturated carbocycles. The van der Waals surface area contributed by atoms with Crippen molar-refractivity contribution in [1.82, 2.24) is 14.5 Å². The maximum atomic E-state index is 12.5. The van der Waals surface area contributed by atoms with Crippen molar-refractivity contribution in [1.29, 1.82) is 0 Å². The molecule has 112 valence electrons. The topological polar surface area (TPSA) is 103 Å². The number of sulfonamides is 1. The van der Waals surface area contributed by atoms with Gasteiger partial charge in [-0.2, -0.15) is 9.40 Å². The van der Waals surface area contributed by atoms with Crippen molar-refractivity contribution in [2.75, 3.05) is 13.1 Å². The fourth-order valence-corrected chi connectivity index (χ4v) is 3.97. The van der Waals surface area contributed by atoms with Crippen LogP contribution >= 0.6 is 0 Å². The maximum absolute atomic E-state index is 12.5. The Bertz CT molecular complexity index is 615. The van der Waals surface area contributed by atoms with E-state index < -0.39 is 16.0 Å². The molecule has 2 N–H and O–H groups in total. The van der Waals surface area contributed by atoms with Crippen LogP contribution in [0.25, 0.3) is 0 Å². The molecule has 1 fully saturated rings. The van der Waals surface area contributed by atoms with E-state index in [1.807, 2.05) is 0 Å². The number of aromatic nitrogens is 2. The molecule has 8 heteroatoms. The van der Waals surface area contributed by atoms with Crippen LogP contribution in [-0.2, 0) is 10.0 Å². The normalized spacial score (nSPS) is 21.2. The van der Waals surface area contributed by atoms with Crippen molar-refractivity contribution < 1.29 is 18.3 Å². The van der Waals surface area contributed by atoms with Crippen molar-refractivity contribution in [3.05, 3.63) is 11.8 Å². The summed E-state index contributed by atoms with van der Waals surface area (Å²) in [6.07, 6.45) is 1.80. The first-order valence-corrected chi connectivity index (χ1v) is 7.85. The Balaban J connectivity index is 2.29. The third-order valence-electron chi connectivity index (χ3n) is 3.81. The summed E-state index contributed by atoms with van der Waals surface area (Å²) in [6.45, 7) is 7.04. The number of aromatic carboxylic acids is 1. The quantitative estimate of drug-likeness (QED) is 0.872. The predicted molar refractivity (Wildman–Crippen MR) is 71.9 cm³/mol. The highest BCUT2D eigenvalue weighted by Crippen LogP contribution is 2.35. The molecule has 1 aliphatic rings. The molecule has 1 unspecified atom stereocenters. The Hall–Kier alpha value is -1.41. The van der Waals surface area contributed by atoms with E-state index in [9.17, 15) is 13.2 Å². The molecule has 0 amide bonds. The second kappa shape index (κ2) is 4.85. The minimum atomic E-state index is -3.83. The van der Waals surface area contributed by atoms with Gasteiger partial charge in [0.25, 0.3) is 10.0 Å². The lowest BCUT2D eigenvalue weighted by Crippen LogP contribution is -2.32. The van der Waals surface area contributed by atoms with Gasteiger partial charge >= 0.3 is 5.97 Å². The highest BCUT2D eigenvalue weighted by Gasteiger charge is 2.39. The van der Waals surface area contributed by atoms with Crippen LogP contribution in [-0.4, -0.2) is 47.1 Å². The lowest BCUT2D eigenvalue weighted by Gasteiger charge is -2.26. The molecule has 0 bridgehead atoms. The second-order valence-electron chi connectivity index (χ2n) is 6.13. The Morgan fingerprint density at radius 2 is 2.15 bits per heavy atom. The lowest BCUT2D eigenvalue weighted by atomic mass is 9.80. The number of carboxylic acids is 1. The SMILES string of the molecule is CC(C)(C)C1CCN(S(=O)(=O)c2[nH]ncc2C(=O)O)C1. The molecule has 7 nitrogen and oxygen atoms in total. The van der Waals surface area contributed by atoms with Crippen LogP contribution in [0.4, 0.5) is 0 Å². The van der Waals surface area contributed by atoms with Crippen molar-refractivity contribution in [2.24, 2.45) is 11.3 Å². The largest absolute Gasteiger partial charge is 0.478 e. The van der Waals surface area contributed by atoms with Crippen LogP contribution in [0.2, 0.25) is 0 Å². The Morgan fingerprint density at radius 3 is 2.65 bits per heavy atom. The van der Waals surface area contributed by atoms with Crippen molar-refractivity contribution in [3.8, 4) is 0 Å². The maximum Gasteiger partial charge on any atom is 0.340 e. The van der Waals surface area contributed by atoms with E-state index in [1.54, 1.807) is 0 Å². The van der Waals surface area contributed by atoms with E-state index in [2.05, 4.69) is 31.0 Å². The molecule has 1 saturated heterocycles. The molecule has 1 aromatic rings. The number of nitrogens with one attached hydrogen (secondary N) is 1. The van der Waals surface area contributed by atoms with Crippen LogP contribution in [0.15, 0.2) is 11.2 Å². The molecule has 0 aromatic carbocycles. The van der Waals surface area contributed by atoms with Crippen molar-refractivity contribution >= 4 is 16.0 Å². The number of carbonyl (C=O) groups is 1. The highest BCUT2D eigenvalue weighted by molar-refractivity contribution is 7.89. The average Bonchev–Trinajstić information content (AvgIpc) is 2.98. The third kappa shape index (κ3) is 2.57. The summed E-state index contributed by atoms with van der Waals surface area (Å²) >= 11 is 0. The molecule has 2 heterocycles. The first kappa shape index (κ1) is 15.0. The van der Waals surface area contributed by atoms with Crippen LogP contribution in [0.3, 0.4) is 0 Å². The van der Waals surface area contributed by atoms with Crippen LogP contribution in [0.5, 0.6) is 0 Å².